The topological polar surface area (TPSA) is 127 Å². The van der Waals surface area contributed by atoms with Gasteiger partial charge in [0.25, 0.3) is 5.69 Å². The van der Waals surface area contributed by atoms with Gasteiger partial charge < -0.3 is 10.6 Å². The van der Waals surface area contributed by atoms with Gasteiger partial charge in [-0.05, 0) is 25.5 Å². The van der Waals surface area contributed by atoms with Crippen LogP contribution in [0, 0.1) is 10.1 Å². The molecule has 1 amide bonds. The van der Waals surface area contributed by atoms with Crippen molar-refractivity contribution in [2.75, 3.05) is 32.7 Å². The van der Waals surface area contributed by atoms with Crippen molar-refractivity contribution in [2.45, 2.75) is 37.0 Å². The molecule has 0 aliphatic carbocycles. The Kier molecular flexibility index (Phi) is 7.69. The molecule has 1 saturated heterocycles. The Morgan fingerprint density at radius 2 is 1.70 bits per heavy atom. The van der Waals surface area contributed by atoms with Gasteiger partial charge in [-0.2, -0.15) is 4.31 Å². The third-order valence-electron chi connectivity index (χ3n) is 4.62. The van der Waals surface area contributed by atoms with Crippen molar-refractivity contribution in [2.24, 2.45) is 5.73 Å². The van der Waals surface area contributed by atoms with Crippen LogP contribution in [0.5, 0.6) is 0 Å². The fourth-order valence-corrected chi connectivity index (χ4v) is 4.65. The molecule has 10 heteroatoms. The maximum absolute atomic E-state index is 12.8. The van der Waals surface area contributed by atoms with Crippen LogP contribution in [0.4, 0.5) is 5.69 Å². The molecule has 150 valence electrons. The Hall–Kier alpha value is -2.04. The fraction of sp³-hybridized carbons (Fsp3) is 0.588. The van der Waals surface area contributed by atoms with E-state index in [4.69, 9.17) is 5.73 Å². The highest BCUT2D eigenvalue weighted by molar-refractivity contribution is 7.89. The summed E-state index contributed by atoms with van der Waals surface area (Å²) in [7, 11) is -3.97. The minimum atomic E-state index is -3.97. The first-order valence-electron chi connectivity index (χ1n) is 9.09. The van der Waals surface area contributed by atoms with Crippen molar-refractivity contribution in [3.8, 4) is 0 Å². The highest BCUT2D eigenvalue weighted by Crippen LogP contribution is 2.27. The Morgan fingerprint density at radius 3 is 2.33 bits per heavy atom. The van der Waals surface area contributed by atoms with Gasteiger partial charge in [-0.1, -0.05) is 25.0 Å². The van der Waals surface area contributed by atoms with Crippen LogP contribution in [0.2, 0.25) is 0 Å². The van der Waals surface area contributed by atoms with Gasteiger partial charge in [0.15, 0.2) is 4.90 Å². The van der Waals surface area contributed by atoms with Gasteiger partial charge in [0, 0.05) is 38.7 Å². The smallest absolute Gasteiger partial charge is 0.289 e. The highest BCUT2D eigenvalue weighted by atomic mass is 32.2. The van der Waals surface area contributed by atoms with Crippen LogP contribution in [0.1, 0.15) is 32.1 Å². The lowest BCUT2D eigenvalue weighted by Crippen LogP contribution is -2.50. The van der Waals surface area contributed by atoms with Gasteiger partial charge in [0.2, 0.25) is 15.9 Å². The molecular weight excluding hydrogens is 372 g/mol. The summed E-state index contributed by atoms with van der Waals surface area (Å²) in [5, 5.41) is 11.1. The van der Waals surface area contributed by atoms with Gasteiger partial charge in [-0.3, -0.25) is 14.9 Å². The molecule has 1 aliphatic rings. The predicted octanol–water partition coefficient (Wildman–Crippen LogP) is 1.34. The number of amides is 1. The van der Waals surface area contributed by atoms with Crippen molar-refractivity contribution in [1.82, 2.24) is 9.21 Å². The summed E-state index contributed by atoms with van der Waals surface area (Å²) in [6.45, 7) is 1.51. The average Bonchev–Trinajstić information content (AvgIpc) is 2.67. The Balaban J connectivity index is 1.93. The van der Waals surface area contributed by atoms with E-state index < -0.39 is 20.6 Å². The van der Waals surface area contributed by atoms with Crippen LogP contribution in [0.25, 0.3) is 0 Å². The first kappa shape index (κ1) is 21.3. The van der Waals surface area contributed by atoms with E-state index in [-0.39, 0.29) is 23.9 Å². The molecule has 0 unspecified atom stereocenters. The number of hydrogen-bond acceptors (Lipinski definition) is 6. The van der Waals surface area contributed by atoms with Gasteiger partial charge in [-0.15, -0.1) is 0 Å². The number of sulfonamides is 1. The second-order valence-electron chi connectivity index (χ2n) is 6.46. The monoisotopic (exact) mass is 398 g/mol. The summed E-state index contributed by atoms with van der Waals surface area (Å²) in [6, 6.07) is 5.31. The van der Waals surface area contributed by atoms with E-state index in [2.05, 4.69) is 0 Å². The zero-order valence-electron chi connectivity index (χ0n) is 15.2. The molecule has 9 nitrogen and oxygen atoms in total. The second-order valence-corrected chi connectivity index (χ2v) is 8.37. The Morgan fingerprint density at radius 1 is 1.07 bits per heavy atom. The number of para-hydroxylation sites is 1. The van der Waals surface area contributed by atoms with Gasteiger partial charge in [-0.25, -0.2) is 8.42 Å². The summed E-state index contributed by atoms with van der Waals surface area (Å²) in [6.07, 6.45) is 4.16. The summed E-state index contributed by atoms with van der Waals surface area (Å²) in [5.74, 6) is 0.0190. The van der Waals surface area contributed by atoms with Crippen molar-refractivity contribution in [3.05, 3.63) is 34.4 Å². The van der Waals surface area contributed by atoms with E-state index in [1.165, 1.54) is 28.6 Å². The number of nitrogens with zero attached hydrogens (tertiary/aromatic N) is 3. The second kappa shape index (κ2) is 9.77. The first-order chi connectivity index (χ1) is 12.9. The summed E-state index contributed by atoms with van der Waals surface area (Å²) < 4.78 is 26.7. The number of nitrogens with two attached hydrogens (primary N) is 1. The quantitative estimate of drug-likeness (QED) is 0.380. The molecule has 2 N–H and O–H groups in total. The molecule has 2 rings (SSSR count). The molecule has 0 saturated carbocycles. The van der Waals surface area contributed by atoms with Gasteiger partial charge in [0.05, 0.1) is 4.92 Å². The normalized spacial score (nSPS) is 15.7. The Bertz CT molecular complexity index is 760. The van der Waals surface area contributed by atoms with Crippen LogP contribution >= 0.6 is 0 Å². The highest BCUT2D eigenvalue weighted by Gasteiger charge is 2.34. The molecular formula is C17H26N4O5S. The number of benzene rings is 1. The number of nitro benzene ring substituents is 1. The number of hydrogen-bond donors (Lipinski definition) is 1. The van der Waals surface area contributed by atoms with Crippen LogP contribution in [-0.2, 0) is 14.8 Å². The van der Waals surface area contributed by atoms with Crippen molar-refractivity contribution >= 4 is 21.6 Å². The lowest BCUT2D eigenvalue weighted by molar-refractivity contribution is -0.387. The molecule has 1 aliphatic heterocycles. The van der Waals surface area contributed by atoms with E-state index in [9.17, 15) is 23.3 Å². The fourth-order valence-electron chi connectivity index (χ4n) is 3.08. The third-order valence-corrected chi connectivity index (χ3v) is 6.56. The minimum absolute atomic E-state index is 0.0190. The van der Waals surface area contributed by atoms with Crippen molar-refractivity contribution in [3.63, 3.8) is 0 Å². The summed E-state index contributed by atoms with van der Waals surface area (Å²) in [4.78, 5) is 24.0. The van der Waals surface area contributed by atoms with E-state index >= 15 is 0 Å². The van der Waals surface area contributed by atoms with Crippen molar-refractivity contribution in [1.29, 1.82) is 0 Å². The standard InChI is InChI=1S/C17H26N4O5S/c18-10-6-2-1-3-9-17(22)19-11-13-20(14-12-19)27(25,26)16-8-5-4-7-15(16)21(23)24/h4-5,7-8H,1-3,6,9-14,18H2. The molecule has 0 spiro atoms. The van der Waals surface area contributed by atoms with Gasteiger partial charge in [0.1, 0.15) is 0 Å². The lowest BCUT2D eigenvalue weighted by atomic mass is 10.1. The van der Waals surface area contributed by atoms with Crippen LogP contribution in [0.15, 0.2) is 29.2 Å². The maximum atomic E-state index is 12.8. The predicted molar refractivity (Wildman–Crippen MR) is 101 cm³/mol. The average molecular weight is 398 g/mol. The summed E-state index contributed by atoms with van der Waals surface area (Å²) in [5.41, 5.74) is 5.00. The third kappa shape index (κ3) is 5.47. The zero-order valence-corrected chi connectivity index (χ0v) is 16.1. The number of rotatable bonds is 9. The molecule has 1 aromatic rings. The molecule has 27 heavy (non-hydrogen) atoms. The lowest BCUT2D eigenvalue weighted by Gasteiger charge is -2.34. The SMILES string of the molecule is NCCCCCCC(=O)N1CCN(S(=O)(=O)c2ccccc2[N+](=O)[O-])CC1. The number of carbonyl (C=O) groups excluding carboxylic acids is 1. The molecule has 0 bridgehead atoms. The molecule has 1 fully saturated rings. The largest absolute Gasteiger partial charge is 0.340 e. The maximum Gasteiger partial charge on any atom is 0.289 e. The number of nitro groups is 1. The molecule has 1 heterocycles. The molecule has 0 radical (unpaired) electrons. The number of piperazine rings is 1. The first-order valence-corrected chi connectivity index (χ1v) is 10.5. The molecule has 0 aromatic heterocycles. The van der Waals surface area contributed by atoms with E-state index in [0.29, 0.717) is 26.1 Å². The number of carbonyl (C=O) groups is 1. The van der Waals surface area contributed by atoms with Crippen LogP contribution in [0.3, 0.4) is 0 Å². The van der Waals surface area contributed by atoms with Crippen molar-refractivity contribution < 1.29 is 18.1 Å². The molecule has 1 aromatic carbocycles. The zero-order chi connectivity index (χ0) is 19.9. The number of unbranched alkanes of at least 4 members (excludes halogenated alkanes) is 3. The Labute approximate surface area is 159 Å². The van der Waals surface area contributed by atoms with E-state index in [1.807, 2.05) is 0 Å². The van der Waals surface area contributed by atoms with E-state index in [0.717, 1.165) is 25.7 Å². The minimum Gasteiger partial charge on any atom is -0.340 e. The van der Waals surface area contributed by atoms with Gasteiger partial charge >= 0.3 is 0 Å². The van der Waals surface area contributed by atoms with E-state index in [1.54, 1.807) is 4.90 Å². The molecule has 0 atom stereocenters. The summed E-state index contributed by atoms with van der Waals surface area (Å²) >= 11 is 0. The van der Waals surface area contributed by atoms with Crippen LogP contribution in [-0.4, -0.2) is 61.2 Å². The van der Waals surface area contributed by atoms with Crippen LogP contribution < -0.4 is 5.73 Å².